The van der Waals surface area contributed by atoms with Crippen LogP contribution < -0.4 is 10.9 Å². The molecule has 0 saturated carbocycles. The highest BCUT2D eigenvalue weighted by atomic mass is 16.1. The fourth-order valence-corrected chi connectivity index (χ4v) is 2.62. The zero-order chi connectivity index (χ0) is 19.4. The van der Waals surface area contributed by atoms with Crippen LogP contribution in [0.15, 0.2) is 53.6 Å². The molecule has 7 heteroatoms. The summed E-state index contributed by atoms with van der Waals surface area (Å²) in [4.78, 5) is 28.5. The lowest BCUT2D eigenvalue weighted by molar-refractivity contribution is 0.0943. The maximum absolute atomic E-state index is 12.3. The molecule has 3 aromatic rings. The molecule has 0 aliphatic carbocycles. The Kier molecular flexibility index (Phi) is 5.18. The summed E-state index contributed by atoms with van der Waals surface area (Å²) in [5, 5.41) is 14.3. The van der Waals surface area contributed by atoms with Crippen LogP contribution in [-0.4, -0.2) is 26.7 Å². The second-order valence-electron chi connectivity index (χ2n) is 6.42. The molecule has 0 radical (unpaired) electrons. The molecule has 0 bridgehead atoms. The third-order valence-electron chi connectivity index (χ3n) is 3.95. The van der Waals surface area contributed by atoms with Crippen molar-refractivity contribution in [1.82, 2.24) is 20.1 Å². The number of rotatable bonds is 5. The number of amides is 1. The quantitative estimate of drug-likeness (QED) is 0.728. The van der Waals surface area contributed by atoms with Crippen LogP contribution in [-0.2, 0) is 6.42 Å². The van der Waals surface area contributed by atoms with Gasteiger partial charge in [0.2, 0.25) is 0 Å². The fourth-order valence-electron chi connectivity index (χ4n) is 2.62. The van der Waals surface area contributed by atoms with E-state index in [0.29, 0.717) is 23.4 Å². The highest BCUT2D eigenvalue weighted by Gasteiger charge is 2.11. The Balaban J connectivity index is 1.85. The van der Waals surface area contributed by atoms with Gasteiger partial charge in [0.05, 0.1) is 23.6 Å². The minimum Gasteiger partial charge on any atom is -0.350 e. The lowest BCUT2D eigenvalue weighted by atomic mass is 10.1. The minimum atomic E-state index is -0.244. The topological polar surface area (TPSA) is 104 Å². The summed E-state index contributed by atoms with van der Waals surface area (Å²) in [5.74, 6) is 0.309. The molecule has 0 unspecified atom stereocenters. The van der Waals surface area contributed by atoms with Crippen LogP contribution in [0.3, 0.4) is 0 Å². The molecule has 2 heterocycles. The first-order valence-electron chi connectivity index (χ1n) is 8.53. The molecule has 1 aromatic carbocycles. The molecular formula is C20H19N5O2. The number of benzene rings is 1. The van der Waals surface area contributed by atoms with Gasteiger partial charge in [-0.2, -0.15) is 5.26 Å². The van der Waals surface area contributed by atoms with E-state index in [4.69, 9.17) is 5.26 Å². The van der Waals surface area contributed by atoms with Crippen molar-refractivity contribution in [3.05, 3.63) is 70.3 Å². The van der Waals surface area contributed by atoms with Gasteiger partial charge in [0.15, 0.2) is 5.82 Å². The Morgan fingerprint density at radius 2 is 2.00 bits per heavy atom. The van der Waals surface area contributed by atoms with E-state index in [-0.39, 0.29) is 17.5 Å². The van der Waals surface area contributed by atoms with E-state index >= 15 is 0 Å². The van der Waals surface area contributed by atoms with Crippen molar-refractivity contribution in [2.45, 2.75) is 26.3 Å². The molecule has 7 nitrogen and oxygen atoms in total. The Labute approximate surface area is 156 Å². The van der Waals surface area contributed by atoms with Gasteiger partial charge in [0.25, 0.3) is 11.5 Å². The molecule has 27 heavy (non-hydrogen) atoms. The summed E-state index contributed by atoms with van der Waals surface area (Å²) in [7, 11) is 0. The van der Waals surface area contributed by atoms with Gasteiger partial charge < -0.3 is 5.32 Å². The van der Waals surface area contributed by atoms with E-state index in [0.717, 1.165) is 11.1 Å². The van der Waals surface area contributed by atoms with Gasteiger partial charge in [-0.05, 0) is 37.1 Å². The van der Waals surface area contributed by atoms with Gasteiger partial charge in [-0.1, -0.05) is 24.3 Å². The molecule has 0 atom stereocenters. The highest BCUT2D eigenvalue weighted by Crippen LogP contribution is 2.17. The molecule has 3 rings (SSSR count). The van der Waals surface area contributed by atoms with Gasteiger partial charge in [0, 0.05) is 18.4 Å². The lowest BCUT2D eigenvalue weighted by Gasteiger charge is -2.08. The van der Waals surface area contributed by atoms with Crippen molar-refractivity contribution in [2.24, 2.45) is 0 Å². The van der Waals surface area contributed by atoms with Crippen LogP contribution in [0.25, 0.3) is 16.9 Å². The first-order valence-corrected chi connectivity index (χ1v) is 8.53. The molecule has 1 amide bonds. The number of aromatic amines is 1. The van der Waals surface area contributed by atoms with Crippen molar-refractivity contribution < 1.29 is 4.79 Å². The number of nitrogens with one attached hydrogen (secondary N) is 2. The van der Waals surface area contributed by atoms with Crippen molar-refractivity contribution in [2.75, 3.05) is 0 Å². The molecule has 0 spiro atoms. The van der Waals surface area contributed by atoms with E-state index in [1.54, 1.807) is 18.3 Å². The predicted molar refractivity (Wildman–Crippen MR) is 102 cm³/mol. The first-order chi connectivity index (χ1) is 13.0. The molecular weight excluding hydrogens is 342 g/mol. The first kappa shape index (κ1) is 18.1. The van der Waals surface area contributed by atoms with Gasteiger partial charge in [-0.15, -0.1) is 0 Å². The molecule has 2 N–H and O–H groups in total. The van der Waals surface area contributed by atoms with E-state index in [2.05, 4.69) is 21.5 Å². The Morgan fingerprint density at radius 1 is 1.26 bits per heavy atom. The van der Waals surface area contributed by atoms with Crippen LogP contribution in [0, 0.1) is 11.3 Å². The highest BCUT2D eigenvalue weighted by molar-refractivity contribution is 5.94. The van der Waals surface area contributed by atoms with Crippen LogP contribution in [0.5, 0.6) is 0 Å². The smallest absolute Gasteiger partial charge is 0.272 e. The number of carbonyl (C=O) groups is 1. The summed E-state index contributed by atoms with van der Waals surface area (Å²) < 4.78 is 1.52. The normalized spacial score (nSPS) is 10.6. The molecule has 0 aliphatic heterocycles. The molecule has 2 aromatic heterocycles. The summed E-state index contributed by atoms with van der Waals surface area (Å²) >= 11 is 0. The Morgan fingerprint density at radius 3 is 2.59 bits per heavy atom. The largest absolute Gasteiger partial charge is 0.350 e. The molecule has 0 aliphatic rings. The van der Waals surface area contributed by atoms with Gasteiger partial charge in [0.1, 0.15) is 0 Å². The van der Waals surface area contributed by atoms with Crippen molar-refractivity contribution in [3.63, 3.8) is 0 Å². The van der Waals surface area contributed by atoms with Gasteiger partial charge >= 0.3 is 0 Å². The SMILES string of the molecule is CC(C)NC(=O)c1ccc(-n2cc(-c3ccc(CC#N)cc3)c(=O)[nH]2)nc1. The third-order valence-corrected chi connectivity index (χ3v) is 3.95. The summed E-state index contributed by atoms with van der Waals surface area (Å²) in [6.45, 7) is 3.78. The summed E-state index contributed by atoms with van der Waals surface area (Å²) in [5.41, 5.74) is 2.36. The Hall–Kier alpha value is -3.66. The van der Waals surface area contributed by atoms with Gasteiger partial charge in [-0.3, -0.25) is 14.7 Å². The number of aromatic nitrogens is 3. The predicted octanol–water partition coefficient (Wildman–Crippen LogP) is 2.43. The number of hydrogen-bond acceptors (Lipinski definition) is 4. The molecule has 136 valence electrons. The Bertz CT molecular complexity index is 1040. The number of pyridine rings is 1. The minimum absolute atomic E-state index is 0.0417. The summed E-state index contributed by atoms with van der Waals surface area (Å²) in [6.07, 6.45) is 3.47. The van der Waals surface area contributed by atoms with Crippen LogP contribution in [0.2, 0.25) is 0 Å². The van der Waals surface area contributed by atoms with Crippen molar-refractivity contribution in [1.29, 1.82) is 5.26 Å². The van der Waals surface area contributed by atoms with E-state index in [1.165, 1.54) is 10.9 Å². The average Bonchev–Trinajstić information content (AvgIpc) is 3.04. The second-order valence-corrected chi connectivity index (χ2v) is 6.42. The second kappa shape index (κ2) is 7.70. The van der Waals surface area contributed by atoms with Crippen LogP contribution in [0.1, 0.15) is 29.8 Å². The number of H-pyrrole nitrogens is 1. The number of hydrogen-bond donors (Lipinski definition) is 2. The number of nitrogens with zero attached hydrogens (tertiary/aromatic N) is 3. The standard InChI is InChI=1S/C20H19N5O2/c1-13(2)23-19(26)16-7-8-18(22-11-16)25-12-17(20(27)24-25)15-5-3-14(4-6-15)9-10-21/h3-8,11-13H,9H2,1-2H3,(H,23,26)(H,24,27). The maximum atomic E-state index is 12.3. The van der Waals surface area contributed by atoms with Crippen molar-refractivity contribution >= 4 is 5.91 Å². The maximum Gasteiger partial charge on any atom is 0.272 e. The van der Waals surface area contributed by atoms with Crippen molar-refractivity contribution in [3.8, 4) is 23.0 Å². The molecule has 0 fully saturated rings. The summed E-state index contributed by atoms with van der Waals surface area (Å²) in [6, 6.07) is 12.8. The zero-order valence-electron chi connectivity index (χ0n) is 15.1. The number of carbonyl (C=O) groups excluding carboxylic acids is 1. The fraction of sp³-hybridized carbons (Fsp3) is 0.200. The van der Waals surface area contributed by atoms with Crippen LogP contribution in [0.4, 0.5) is 0 Å². The number of nitriles is 1. The van der Waals surface area contributed by atoms with E-state index in [1.807, 2.05) is 38.1 Å². The lowest BCUT2D eigenvalue weighted by Crippen LogP contribution is -2.30. The monoisotopic (exact) mass is 361 g/mol. The average molecular weight is 361 g/mol. The third kappa shape index (κ3) is 4.12. The molecule has 0 saturated heterocycles. The van der Waals surface area contributed by atoms with E-state index < -0.39 is 0 Å². The van der Waals surface area contributed by atoms with Crippen LogP contribution >= 0.6 is 0 Å². The zero-order valence-corrected chi connectivity index (χ0v) is 15.1. The van der Waals surface area contributed by atoms with E-state index in [9.17, 15) is 9.59 Å². The van der Waals surface area contributed by atoms with Gasteiger partial charge in [-0.25, -0.2) is 9.67 Å².